The molecule has 1 aromatic carbocycles. The van der Waals surface area contributed by atoms with Crippen molar-refractivity contribution in [1.29, 1.82) is 0 Å². The molecule has 0 radical (unpaired) electrons. The maximum atomic E-state index is 13.9. The highest BCUT2D eigenvalue weighted by atomic mass is 32.2. The minimum atomic E-state index is -4.15. The summed E-state index contributed by atoms with van der Waals surface area (Å²) < 4.78 is 55.7. The molecule has 1 aliphatic heterocycles. The van der Waals surface area contributed by atoms with Gasteiger partial charge < -0.3 is 5.32 Å². The zero-order chi connectivity index (χ0) is 22.8. The molecule has 1 saturated heterocycles. The minimum absolute atomic E-state index is 0.0810. The molecule has 2 heterocycles. The Balaban J connectivity index is 1.51. The van der Waals surface area contributed by atoms with Crippen LogP contribution in [0, 0.1) is 37.3 Å². The van der Waals surface area contributed by atoms with E-state index in [2.05, 4.69) is 10.4 Å². The van der Waals surface area contributed by atoms with Crippen molar-refractivity contribution >= 4 is 15.9 Å². The fourth-order valence-corrected chi connectivity index (χ4v) is 5.36. The lowest BCUT2D eigenvalue weighted by Crippen LogP contribution is -2.44. The second-order valence-corrected chi connectivity index (χ2v) is 10.1. The van der Waals surface area contributed by atoms with Crippen molar-refractivity contribution < 1.29 is 22.0 Å². The third-order valence-electron chi connectivity index (χ3n) is 5.55. The number of rotatable bonds is 7. The number of carbonyl (C=O) groups is 1. The maximum absolute atomic E-state index is 13.9. The Morgan fingerprint density at radius 2 is 1.90 bits per heavy atom. The van der Waals surface area contributed by atoms with Gasteiger partial charge in [-0.3, -0.25) is 9.48 Å². The zero-order valence-electron chi connectivity index (χ0n) is 17.9. The predicted molar refractivity (Wildman–Crippen MR) is 112 cm³/mol. The number of nitrogens with one attached hydrogen (secondary N) is 1. The van der Waals surface area contributed by atoms with Crippen LogP contribution in [0.3, 0.4) is 0 Å². The quantitative estimate of drug-likeness (QED) is 0.697. The average molecular weight is 455 g/mol. The van der Waals surface area contributed by atoms with Crippen molar-refractivity contribution in [3.63, 3.8) is 0 Å². The van der Waals surface area contributed by atoms with Crippen LogP contribution in [0.1, 0.15) is 31.2 Å². The molecule has 170 valence electrons. The number of aromatic nitrogens is 2. The van der Waals surface area contributed by atoms with Crippen LogP contribution < -0.4 is 5.32 Å². The summed E-state index contributed by atoms with van der Waals surface area (Å²) in [4.78, 5) is 11.9. The van der Waals surface area contributed by atoms with Gasteiger partial charge in [0.15, 0.2) is 0 Å². The summed E-state index contributed by atoms with van der Waals surface area (Å²) in [5, 5.41) is 7.37. The molecule has 1 fully saturated rings. The molecule has 1 aromatic heterocycles. The summed E-state index contributed by atoms with van der Waals surface area (Å²) in [5.74, 6) is -2.06. The molecule has 0 aliphatic carbocycles. The number of benzene rings is 1. The van der Waals surface area contributed by atoms with Gasteiger partial charge in [-0.05, 0) is 56.9 Å². The highest BCUT2D eigenvalue weighted by molar-refractivity contribution is 7.89. The van der Waals surface area contributed by atoms with Gasteiger partial charge in [-0.1, -0.05) is 6.92 Å². The highest BCUT2D eigenvalue weighted by Gasteiger charge is 2.33. The molecule has 10 heteroatoms. The van der Waals surface area contributed by atoms with Crippen LogP contribution in [0.15, 0.2) is 29.2 Å². The Hall–Kier alpha value is -2.33. The zero-order valence-corrected chi connectivity index (χ0v) is 18.8. The molecule has 31 heavy (non-hydrogen) atoms. The number of hydrogen-bond acceptors (Lipinski definition) is 4. The second-order valence-electron chi connectivity index (χ2n) is 8.21. The standard InChI is InChI=1S/C21H28F2N4O3S/c1-14(13-27-16(3)10-15(2)25-27)12-24-21(28)17-6-8-26(9-7-17)31(29,30)20-11-18(22)4-5-19(20)23/h4-5,10-11,14,17H,6-9,12-13H2,1-3H3,(H,24,28). The molecule has 2 aromatic rings. The van der Waals surface area contributed by atoms with Crippen molar-refractivity contribution in [2.24, 2.45) is 11.8 Å². The number of piperidine rings is 1. The first kappa shape index (κ1) is 23.3. The number of hydrogen-bond donors (Lipinski definition) is 1. The first-order chi connectivity index (χ1) is 14.6. The Bertz CT molecular complexity index is 1050. The molecule has 1 amide bonds. The fraction of sp³-hybridized carbons (Fsp3) is 0.524. The van der Waals surface area contributed by atoms with Gasteiger partial charge in [0, 0.05) is 37.8 Å². The molecule has 7 nitrogen and oxygen atoms in total. The topological polar surface area (TPSA) is 84.3 Å². The number of amides is 1. The molecule has 1 aliphatic rings. The van der Waals surface area contributed by atoms with E-state index in [4.69, 9.17) is 0 Å². The molecule has 1 N–H and O–H groups in total. The van der Waals surface area contributed by atoms with E-state index in [1.54, 1.807) is 0 Å². The molecular formula is C21H28F2N4O3S. The van der Waals surface area contributed by atoms with Gasteiger partial charge >= 0.3 is 0 Å². The largest absolute Gasteiger partial charge is 0.356 e. The molecule has 0 spiro atoms. The molecule has 1 atom stereocenters. The summed E-state index contributed by atoms with van der Waals surface area (Å²) in [6, 6.07) is 4.37. The van der Waals surface area contributed by atoms with Crippen molar-refractivity contribution in [1.82, 2.24) is 19.4 Å². The van der Waals surface area contributed by atoms with E-state index in [9.17, 15) is 22.0 Å². The van der Waals surface area contributed by atoms with Crippen LogP contribution in [0.25, 0.3) is 0 Å². The fourth-order valence-electron chi connectivity index (χ4n) is 3.81. The van der Waals surface area contributed by atoms with Gasteiger partial charge in [0.2, 0.25) is 15.9 Å². The van der Waals surface area contributed by atoms with Crippen LogP contribution in [-0.4, -0.2) is 48.0 Å². The van der Waals surface area contributed by atoms with Crippen molar-refractivity contribution in [2.45, 2.75) is 45.1 Å². The second kappa shape index (κ2) is 9.44. The molecule has 3 rings (SSSR count). The van der Waals surface area contributed by atoms with Crippen LogP contribution >= 0.6 is 0 Å². The first-order valence-electron chi connectivity index (χ1n) is 10.3. The molecule has 1 unspecified atom stereocenters. The van der Waals surface area contributed by atoms with Gasteiger partial charge in [-0.15, -0.1) is 0 Å². The Morgan fingerprint density at radius 1 is 1.23 bits per heavy atom. The molecular weight excluding hydrogens is 426 g/mol. The van der Waals surface area contributed by atoms with Gasteiger partial charge in [0.05, 0.1) is 5.69 Å². The van der Waals surface area contributed by atoms with E-state index in [1.165, 1.54) is 0 Å². The van der Waals surface area contributed by atoms with Gasteiger partial charge in [0.1, 0.15) is 16.5 Å². The number of carbonyl (C=O) groups excluding carboxylic acids is 1. The number of sulfonamides is 1. The summed E-state index contributed by atoms with van der Waals surface area (Å²) >= 11 is 0. The van der Waals surface area contributed by atoms with Crippen LogP contribution in [-0.2, 0) is 21.4 Å². The normalized spacial score (nSPS) is 16.9. The first-order valence-corrected chi connectivity index (χ1v) is 11.8. The van der Waals surface area contributed by atoms with Gasteiger partial charge in [0.25, 0.3) is 0 Å². The number of aryl methyl sites for hydroxylation is 2. The van der Waals surface area contributed by atoms with Crippen molar-refractivity contribution in [3.8, 4) is 0 Å². The Kier molecular flexibility index (Phi) is 7.10. The summed E-state index contributed by atoms with van der Waals surface area (Å²) in [7, 11) is -4.15. The average Bonchev–Trinajstić information content (AvgIpc) is 3.04. The Labute approximate surface area is 181 Å². The minimum Gasteiger partial charge on any atom is -0.356 e. The Morgan fingerprint density at radius 3 is 2.52 bits per heavy atom. The third kappa shape index (κ3) is 5.48. The smallest absolute Gasteiger partial charge is 0.246 e. The van der Waals surface area contributed by atoms with Crippen LogP contribution in [0.4, 0.5) is 8.78 Å². The van der Waals surface area contributed by atoms with E-state index in [1.807, 2.05) is 31.5 Å². The summed E-state index contributed by atoms with van der Waals surface area (Å²) in [6.45, 7) is 7.29. The van der Waals surface area contributed by atoms with E-state index >= 15 is 0 Å². The number of nitrogens with zero attached hydrogens (tertiary/aromatic N) is 3. The lowest BCUT2D eigenvalue weighted by molar-refractivity contribution is -0.126. The van der Waals surface area contributed by atoms with Crippen LogP contribution in [0.2, 0.25) is 0 Å². The molecule has 0 bridgehead atoms. The molecule has 0 saturated carbocycles. The summed E-state index contributed by atoms with van der Waals surface area (Å²) in [6.07, 6.45) is 0.654. The third-order valence-corrected chi connectivity index (χ3v) is 7.46. The van der Waals surface area contributed by atoms with E-state index in [-0.39, 0.29) is 30.8 Å². The predicted octanol–water partition coefficient (Wildman–Crippen LogP) is 2.63. The van der Waals surface area contributed by atoms with Crippen molar-refractivity contribution in [3.05, 3.63) is 47.3 Å². The highest BCUT2D eigenvalue weighted by Crippen LogP contribution is 2.26. The van der Waals surface area contributed by atoms with E-state index in [0.29, 0.717) is 32.0 Å². The van der Waals surface area contributed by atoms with Gasteiger partial charge in [-0.25, -0.2) is 17.2 Å². The lowest BCUT2D eigenvalue weighted by Gasteiger charge is -2.30. The van der Waals surface area contributed by atoms with Crippen molar-refractivity contribution in [2.75, 3.05) is 19.6 Å². The van der Waals surface area contributed by atoms with Gasteiger partial charge in [-0.2, -0.15) is 9.40 Å². The monoisotopic (exact) mass is 454 g/mol. The van der Waals surface area contributed by atoms with Crippen LogP contribution in [0.5, 0.6) is 0 Å². The van der Waals surface area contributed by atoms with E-state index in [0.717, 1.165) is 27.8 Å². The van der Waals surface area contributed by atoms with E-state index < -0.39 is 26.6 Å². The maximum Gasteiger partial charge on any atom is 0.246 e. The SMILES string of the molecule is Cc1cc(C)n(CC(C)CNC(=O)C2CCN(S(=O)(=O)c3cc(F)ccc3F)CC2)n1. The number of halogens is 2. The lowest BCUT2D eigenvalue weighted by atomic mass is 9.97. The summed E-state index contributed by atoms with van der Waals surface area (Å²) in [5.41, 5.74) is 2.02.